The predicted octanol–water partition coefficient (Wildman–Crippen LogP) is 3.44. The van der Waals surface area contributed by atoms with Crippen molar-refractivity contribution in [3.05, 3.63) is 59.8 Å². The second-order valence-electron chi connectivity index (χ2n) is 6.27. The van der Waals surface area contributed by atoms with Gasteiger partial charge in [-0.25, -0.2) is 0 Å². The van der Waals surface area contributed by atoms with Gasteiger partial charge in [-0.05, 0) is 30.7 Å². The van der Waals surface area contributed by atoms with Gasteiger partial charge in [0.2, 0.25) is 0 Å². The van der Waals surface area contributed by atoms with Crippen LogP contribution in [0.1, 0.15) is 28.9 Å². The fourth-order valence-corrected chi connectivity index (χ4v) is 3.21. The van der Waals surface area contributed by atoms with Crippen LogP contribution in [0.25, 0.3) is 10.9 Å². The highest BCUT2D eigenvalue weighted by Crippen LogP contribution is 2.32. The van der Waals surface area contributed by atoms with E-state index in [1.165, 1.54) is 0 Å². The first kappa shape index (κ1) is 15.6. The molecule has 1 aliphatic rings. The smallest absolute Gasteiger partial charge is 0.253 e. The molecule has 0 saturated heterocycles. The summed E-state index contributed by atoms with van der Waals surface area (Å²) < 4.78 is 13.1. The van der Waals surface area contributed by atoms with Gasteiger partial charge in [0.15, 0.2) is 11.5 Å². The van der Waals surface area contributed by atoms with Gasteiger partial charge in [-0.15, -0.1) is 0 Å². The van der Waals surface area contributed by atoms with E-state index < -0.39 is 0 Å². The first-order valence-corrected chi connectivity index (χ1v) is 8.38. The molecule has 4 rings (SSSR count). The molecule has 1 aromatic heterocycles. The minimum absolute atomic E-state index is 0.0841. The molecule has 1 N–H and O–H groups in total. The van der Waals surface area contributed by atoms with Crippen molar-refractivity contribution in [2.45, 2.75) is 13.0 Å². The Bertz CT molecular complexity index is 945. The van der Waals surface area contributed by atoms with Gasteiger partial charge in [0.05, 0.1) is 11.6 Å². The van der Waals surface area contributed by atoms with Crippen LogP contribution in [0, 0.1) is 0 Å². The number of carbonyl (C=O) groups excluding carboxylic acids is 1. The Kier molecular flexibility index (Phi) is 3.84. The highest BCUT2D eigenvalue weighted by molar-refractivity contribution is 6.07. The lowest BCUT2D eigenvalue weighted by atomic mass is 10.1. The summed E-state index contributed by atoms with van der Waals surface area (Å²) in [5.74, 6) is 1.40. The highest BCUT2D eigenvalue weighted by Gasteiger charge is 2.18. The third-order valence-electron chi connectivity index (χ3n) is 4.56. The molecule has 1 unspecified atom stereocenters. The van der Waals surface area contributed by atoms with Crippen molar-refractivity contribution in [2.24, 2.45) is 7.05 Å². The van der Waals surface area contributed by atoms with E-state index in [1.807, 2.05) is 67.2 Å². The van der Waals surface area contributed by atoms with Crippen molar-refractivity contribution in [3.63, 3.8) is 0 Å². The normalized spacial score (nSPS) is 14.3. The SMILES string of the molecule is CC(NC(=O)c1cn(C)c2ccccc12)c1ccc2c(c1)OCCO2. The fraction of sp³-hybridized carbons (Fsp3) is 0.250. The number of para-hydroxylation sites is 1. The maximum absolute atomic E-state index is 12.8. The van der Waals surface area contributed by atoms with Crippen LogP contribution in [-0.2, 0) is 7.05 Å². The number of fused-ring (bicyclic) bond motifs is 2. The summed E-state index contributed by atoms with van der Waals surface area (Å²) in [7, 11) is 1.95. The third kappa shape index (κ3) is 2.82. The zero-order chi connectivity index (χ0) is 17.4. The summed E-state index contributed by atoms with van der Waals surface area (Å²) in [6.07, 6.45) is 1.87. The molecule has 0 saturated carbocycles. The molecule has 0 bridgehead atoms. The summed E-state index contributed by atoms with van der Waals surface area (Å²) in [4.78, 5) is 12.8. The first-order valence-electron chi connectivity index (χ1n) is 8.38. The molecule has 0 aliphatic carbocycles. The number of hydrogen-bond acceptors (Lipinski definition) is 3. The average Bonchev–Trinajstić information content (AvgIpc) is 2.98. The predicted molar refractivity (Wildman–Crippen MR) is 96.2 cm³/mol. The summed E-state index contributed by atoms with van der Waals surface area (Å²) in [6, 6.07) is 13.6. The lowest BCUT2D eigenvalue weighted by Gasteiger charge is -2.21. The van der Waals surface area contributed by atoms with Gasteiger partial charge in [0.25, 0.3) is 5.91 Å². The van der Waals surface area contributed by atoms with Gasteiger partial charge in [0.1, 0.15) is 13.2 Å². The van der Waals surface area contributed by atoms with E-state index >= 15 is 0 Å². The molecule has 128 valence electrons. The number of aryl methyl sites for hydroxylation is 1. The fourth-order valence-electron chi connectivity index (χ4n) is 3.21. The number of ether oxygens (including phenoxy) is 2. The van der Waals surface area contributed by atoms with E-state index in [1.54, 1.807) is 0 Å². The monoisotopic (exact) mass is 336 g/mol. The second kappa shape index (κ2) is 6.16. The average molecular weight is 336 g/mol. The van der Waals surface area contributed by atoms with E-state index in [4.69, 9.17) is 9.47 Å². The van der Waals surface area contributed by atoms with E-state index in [2.05, 4.69) is 5.32 Å². The number of nitrogens with one attached hydrogen (secondary N) is 1. The Balaban J connectivity index is 1.58. The molecule has 1 amide bonds. The third-order valence-corrected chi connectivity index (χ3v) is 4.56. The van der Waals surface area contributed by atoms with Crippen molar-refractivity contribution in [2.75, 3.05) is 13.2 Å². The summed E-state index contributed by atoms with van der Waals surface area (Å²) in [5.41, 5.74) is 2.71. The molecule has 0 spiro atoms. The number of nitrogens with zero attached hydrogens (tertiary/aromatic N) is 1. The minimum Gasteiger partial charge on any atom is -0.486 e. The van der Waals surface area contributed by atoms with Crippen molar-refractivity contribution in [1.29, 1.82) is 0 Å². The Morgan fingerprint density at radius 3 is 2.72 bits per heavy atom. The molecular formula is C20H20N2O3. The van der Waals surface area contributed by atoms with Crippen molar-refractivity contribution >= 4 is 16.8 Å². The van der Waals surface area contributed by atoms with Crippen LogP contribution in [0.4, 0.5) is 0 Å². The van der Waals surface area contributed by atoms with Gasteiger partial charge in [-0.3, -0.25) is 4.79 Å². The van der Waals surface area contributed by atoms with Gasteiger partial charge in [-0.1, -0.05) is 24.3 Å². The Hall–Kier alpha value is -2.95. The van der Waals surface area contributed by atoms with E-state index in [0.717, 1.165) is 28.0 Å². The van der Waals surface area contributed by atoms with Crippen molar-refractivity contribution in [1.82, 2.24) is 9.88 Å². The number of carbonyl (C=O) groups is 1. The number of amides is 1. The largest absolute Gasteiger partial charge is 0.486 e. The highest BCUT2D eigenvalue weighted by atomic mass is 16.6. The maximum Gasteiger partial charge on any atom is 0.253 e. The summed E-state index contributed by atoms with van der Waals surface area (Å²) in [5, 5.41) is 4.03. The number of aromatic nitrogens is 1. The zero-order valence-corrected chi connectivity index (χ0v) is 14.3. The lowest BCUT2D eigenvalue weighted by molar-refractivity contribution is 0.0941. The van der Waals surface area contributed by atoms with Crippen LogP contribution < -0.4 is 14.8 Å². The number of rotatable bonds is 3. The molecule has 2 heterocycles. The second-order valence-corrected chi connectivity index (χ2v) is 6.27. The number of benzene rings is 2. The molecule has 1 atom stereocenters. The minimum atomic E-state index is -0.137. The van der Waals surface area contributed by atoms with Crippen molar-refractivity contribution < 1.29 is 14.3 Å². The topological polar surface area (TPSA) is 52.5 Å². The van der Waals surface area contributed by atoms with Crippen LogP contribution >= 0.6 is 0 Å². The molecule has 0 fully saturated rings. The van der Waals surface area contributed by atoms with Crippen LogP contribution in [-0.4, -0.2) is 23.7 Å². The Morgan fingerprint density at radius 1 is 1.12 bits per heavy atom. The van der Waals surface area contributed by atoms with Crippen molar-refractivity contribution in [3.8, 4) is 11.5 Å². The van der Waals surface area contributed by atoms with E-state index in [-0.39, 0.29) is 11.9 Å². The lowest BCUT2D eigenvalue weighted by Crippen LogP contribution is -2.26. The summed E-state index contributed by atoms with van der Waals surface area (Å²) >= 11 is 0. The molecule has 1 aliphatic heterocycles. The van der Waals surface area contributed by atoms with E-state index in [9.17, 15) is 4.79 Å². The molecular weight excluding hydrogens is 316 g/mol. The van der Waals surface area contributed by atoms with Gasteiger partial charge in [0, 0.05) is 24.1 Å². The standard InChI is InChI=1S/C20H20N2O3/c1-13(14-7-8-18-19(11-14)25-10-9-24-18)21-20(23)16-12-22(2)17-6-4-3-5-15(16)17/h3-8,11-13H,9-10H2,1-2H3,(H,21,23). The molecule has 0 radical (unpaired) electrons. The van der Waals surface area contributed by atoms with Gasteiger partial charge < -0.3 is 19.4 Å². The van der Waals surface area contributed by atoms with Crippen LogP contribution in [0.5, 0.6) is 11.5 Å². The van der Waals surface area contributed by atoms with Gasteiger partial charge >= 0.3 is 0 Å². The molecule has 25 heavy (non-hydrogen) atoms. The zero-order valence-electron chi connectivity index (χ0n) is 14.3. The van der Waals surface area contributed by atoms with Crippen LogP contribution in [0.15, 0.2) is 48.7 Å². The summed E-state index contributed by atoms with van der Waals surface area (Å²) in [6.45, 7) is 3.08. The molecule has 3 aromatic rings. The number of hydrogen-bond donors (Lipinski definition) is 1. The van der Waals surface area contributed by atoms with Crippen LogP contribution in [0.2, 0.25) is 0 Å². The van der Waals surface area contributed by atoms with Crippen LogP contribution in [0.3, 0.4) is 0 Å². The Morgan fingerprint density at radius 2 is 1.88 bits per heavy atom. The molecule has 5 nitrogen and oxygen atoms in total. The van der Waals surface area contributed by atoms with Gasteiger partial charge in [-0.2, -0.15) is 0 Å². The quantitative estimate of drug-likeness (QED) is 0.797. The maximum atomic E-state index is 12.8. The molecule has 5 heteroatoms. The first-order chi connectivity index (χ1) is 12.1. The Labute approximate surface area is 146 Å². The van der Waals surface area contributed by atoms with E-state index in [0.29, 0.717) is 18.8 Å². The molecule has 2 aromatic carbocycles.